The summed E-state index contributed by atoms with van der Waals surface area (Å²) in [7, 11) is 1.43. The second-order valence-corrected chi connectivity index (χ2v) is 4.14. The lowest BCUT2D eigenvalue weighted by Gasteiger charge is -2.14. The number of carbonyl (C=O) groups is 2. The summed E-state index contributed by atoms with van der Waals surface area (Å²) in [5.41, 5.74) is 5.21. The van der Waals surface area contributed by atoms with Crippen molar-refractivity contribution >= 4 is 22.7 Å². The fraction of sp³-hybridized carbons (Fsp3) is 0.154. The van der Waals surface area contributed by atoms with Gasteiger partial charge in [-0.3, -0.25) is 9.59 Å². The molecule has 2 amide bonds. The molecule has 0 aliphatic rings. The van der Waals surface area contributed by atoms with E-state index < -0.39 is 17.6 Å². The molecule has 2 aromatic rings. The summed E-state index contributed by atoms with van der Waals surface area (Å²) < 4.78 is 13.6. The lowest BCUT2D eigenvalue weighted by molar-refractivity contribution is -0.118. The van der Waals surface area contributed by atoms with Crippen molar-refractivity contribution in [2.45, 2.75) is 0 Å². The van der Waals surface area contributed by atoms with Crippen molar-refractivity contribution in [3.8, 4) is 0 Å². The maximum Gasteiger partial charge on any atom is 0.272 e. The van der Waals surface area contributed by atoms with E-state index in [1.165, 1.54) is 19.2 Å². The van der Waals surface area contributed by atoms with Crippen molar-refractivity contribution in [1.82, 2.24) is 9.88 Å². The van der Waals surface area contributed by atoms with Crippen molar-refractivity contribution in [3.63, 3.8) is 0 Å². The third-order valence-corrected chi connectivity index (χ3v) is 2.63. The van der Waals surface area contributed by atoms with Gasteiger partial charge in [-0.25, -0.2) is 9.37 Å². The Hall–Kier alpha value is -2.50. The molecule has 19 heavy (non-hydrogen) atoms. The van der Waals surface area contributed by atoms with Crippen LogP contribution in [0.1, 0.15) is 10.5 Å². The summed E-state index contributed by atoms with van der Waals surface area (Å²) in [5.74, 6) is -1.60. The number of amides is 2. The minimum absolute atomic E-state index is 0.0707. The molecule has 0 bridgehead atoms. The topological polar surface area (TPSA) is 76.3 Å². The largest absolute Gasteiger partial charge is 0.368 e. The first-order valence-electron chi connectivity index (χ1n) is 5.58. The van der Waals surface area contributed by atoms with Crippen LogP contribution >= 0.6 is 0 Å². The summed E-state index contributed by atoms with van der Waals surface area (Å²) in [6, 6.07) is 7.64. The van der Waals surface area contributed by atoms with Crippen LogP contribution < -0.4 is 5.73 Å². The van der Waals surface area contributed by atoms with Crippen LogP contribution in [0.2, 0.25) is 0 Å². The van der Waals surface area contributed by atoms with Gasteiger partial charge in [0.2, 0.25) is 5.91 Å². The first-order chi connectivity index (χ1) is 8.99. The lowest BCUT2D eigenvalue weighted by Crippen LogP contribution is -2.35. The van der Waals surface area contributed by atoms with Gasteiger partial charge in [0.15, 0.2) is 0 Å². The number of aromatic nitrogens is 1. The van der Waals surface area contributed by atoms with Gasteiger partial charge < -0.3 is 10.6 Å². The number of benzene rings is 1. The molecule has 98 valence electrons. The van der Waals surface area contributed by atoms with E-state index in [2.05, 4.69) is 4.98 Å². The van der Waals surface area contributed by atoms with Gasteiger partial charge in [0.05, 0.1) is 6.54 Å². The first-order valence-corrected chi connectivity index (χ1v) is 5.58. The van der Waals surface area contributed by atoms with Crippen LogP contribution in [0, 0.1) is 5.82 Å². The number of para-hydroxylation sites is 1. The van der Waals surface area contributed by atoms with E-state index in [9.17, 15) is 14.0 Å². The maximum atomic E-state index is 13.6. The Balaban J connectivity index is 2.38. The molecule has 0 saturated carbocycles. The number of primary amides is 1. The van der Waals surface area contributed by atoms with E-state index in [1.54, 1.807) is 18.2 Å². The highest BCUT2D eigenvalue weighted by atomic mass is 19.1. The zero-order valence-electron chi connectivity index (χ0n) is 10.3. The Morgan fingerprint density at radius 3 is 2.74 bits per heavy atom. The monoisotopic (exact) mass is 261 g/mol. The van der Waals surface area contributed by atoms with Gasteiger partial charge in [0.25, 0.3) is 5.91 Å². The number of carbonyl (C=O) groups excluding carboxylic acids is 2. The molecule has 0 atom stereocenters. The minimum atomic E-state index is -0.622. The van der Waals surface area contributed by atoms with Gasteiger partial charge in [0, 0.05) is 12.4 Å². The van der Waals surface area contributed by atoms with Crippen LogP contribution in [0.15, 0.2) is 30.3 Å². The van der Waals surface area contributed by atoms with Gasteiger partial charge in [-0.2, -0.15) is 0 Å². The molecule has 0 unspecified atom stereocenters. The molecule has 1 aromatic carbocycles. The number of rotatable bonds is 3. The zero-order chi connectivity index (χ0) is 14.0. The molecule has 5 nitrogen and oxygen atoms in total. The molecule has 1 heterocycles. The smallest absolute Gasteiger partial charge is 0.272 e. The molecule has 0 aliphatic heterocycles. The summed E-state index contributed by atoms with van der Waals surface area (Å²) in [6.45, 7) is -0.212. The van der Waals surface area contributed by atoms with Crippen molar-refractivity contribution in [2.75, 3.05) is 13.6 Å². The van der Waals surface area contributed by atoms with E-state index in [0.29, 0.717) is 5.39 Å². The number of likely N-dealkylation sites (N-methyl/N-ethyl adjacent to an activating group) is 1. The van der Waals surface area contributed by atoms with E-state index in [4.69, 9.17) is 5.73 Å². The van der Waals surface area contributed by atoms with Crippen LogP contribution in [0.4, 0.5) is 4.39 Å². The molecule has 0 fully saturated rings. The van der Waals surface area contributed by atoms with E-state index in [0.717, 1.165) is 4.90 Å². The highest BCUT2D eigenvalue weighted by Gasteiger charge is 2.15. The first kappa shape index (κ1) is 12.9. The molecule has 0 spiro atoms. The van der Waals surface area contributed by atoms with Crippen LogP contribution in [-0.4, -0.2) is 35.3 Å². The number of halogens is 1. The van der Waals surface area contributed by atoms with Crippen LogP contribution in [0.5, 0.6) is 0 Å². The Morgan fingerprint density at radius 1 is 1.32 bits per heavy atom. The Kier molecular flexibility index (Phi) is 3.41. The summed E-state index contributed by atoms with van der Waals surface area (Å²) in [6.07, 6.45) is 0. The highest BCUT2D eigenvalue weighted by molar-refractivity contribution is 5.96. The van der Waals surface area contributed by atoms with E-state index in [1.807, 2.05) is 0 Å². The highest BCUT2D eigenvalue weighted by Crippen LogP contribution is 2.16. The average Bonchev–Trinajstić information content (AvgIpc) is 2.37. The molecule has 0 aliphatic carbocycles. The fourth-order valence-electron chi connectivity index (χ4n) is 1.73. The van der Waals surface area contributed by atoms with Crippen molar-refractivity contribution in [1.29, 1.82) is 0 Å². The number of hydrogen-bond acceptors (Lipinski definition) is 3. The van der Waals surface area contributed by atoms with Crippen molar-refractivity contribution < 1.29 is 14.0 Å². The maximum absolute atomic E-state index is 13.6. The van der Waals surface area contributed by atoms with Crippen LogP contribution in [0.25, 0.3) is 10.9 Å². The predicted octanol–water partition coefficient (Wildman–Crippen LogP) is 0.931. The SMILES string of the molecule is CN(CC(N)=O)C(=O)c1ccc2cccc(F)c2n1. The third kappa shape index (κ3) is 2.67. The molecule has 0 radical (unpaired) electrons. The Morgan fingerprint density at radius 2 is 2.05 bits per heavy atom. The van der Waals surface area contributed by atoms with Crippen LogP contribution in [0.3, 0.4) is 0 Å². The number of hydrogen-bond donors (Lipinski definition) is 1. The zero-order valence-corrected chi connectivity index (χ0v) is 10.3. The third-order valence-electron chi connectivity index (χ3n) is 2.63. The van der Waals surface area contributed by atoms with E-state index in [-0.39, 0.29) is 17.8 Å². The second kappa shape index (κ2) is 5.01. The Bertz CT molecular complexity index is 657. The minimum Gasteiger partial charge on any atom is -0.368 e. The second-order valence-electron chi connectivity index (χ2n) is 4.14. The molecular weight excluding hydrogens is 249 g/mol. The standard InChI is InChI=1S/C13H12FN3O2/c1-17(7-11(15)18)13(19)10-6-5-8-3-2-4-9(14)12(8)16-10/h2-6H,7H2,1H3,(H2,15,18). The van der Waals surface area contributed by atoms with Gasteiger partial charge in [-0.15, -0.1) is 0 Å². The van der Waals surface area contributed by atoms with Gasteiger partial charge >= 0.3 is 0 Å². The number of nitrogens with zero attached hydrogens (tertiary/aromatic N) is 2. The summed E-state index contributed by atoms with van der Waals surface area (Å²) >= 11 is 0. The lowest BCUT2D eigenvalue weighted by atomic mass is 10.2. The van der Waals surface area contributed by atoms with Gasteiger partial charge in [0.1, 0.15) is 17.0 Å². The summed E-state index contributed by atoms with van der Waals surface area (Å²) in [5, 5.41) is 0.606. The number of fused-ring (bicyclic) bond motifs is 1. The Labute approximate surface area is 108 Å². The molecule has 6 heteroatoms. The molecule has 0 saturated heterocycles. The number of pyridine rings is 1. The average molecular weight is 261 g/mol. The van der Waals surface area contributed by atoms with Crippen molar-refractivity contribution in [2.24, 2.45) is 5.73 Å². The number of nitrogens with two attached hydrogens (primary N) is 1. The normalized spacial score (nSPS) is 10.4. The van der Waals surface area contributed by atoms with Gasteiger partial charge in [-0.05, 0) is 12.1 Å². The quantitative estimate of drug-likeness (QED) is 0.893. The predicted molar refractivity (Wildman–Crippen MR) is 67.9 cm³/mol. The van der Waals surface area contributed by atoms with E-state index >= 15 is 0 Å². The molecule has 2 rings (SSSR count). The molecule has 2 N–H and O–H groups in total. The van der Waals surface area contributed by atoms with Gasteiger partial charge in [-0.1, -0.05) is 18.2 Å². The fourth-order valence-corrected chi connectivity index (χ4v) is 1.73. The molecular formula is C13H12FN3O2. The van der Waals surface area contributed by atoms with Crippen LogP contribution in [-0.2, 0) is 4.79 Å². The molecule has 1 aromatic heterocycles. The summed E-state index contributed by atoms with van der Waals surface area (Å²) in [4.78, 5) is 27.8. The van der Waals surface area contributed by atoms with Crippen molar-refractivity contribution in [3.05, 3.63) is 41.8 Å².